The van der Waals surface area contributed by atoms with Crippen LogP contribution in [0.15, 0.2) is 30.5 Å². The highest BCUT2D eigenvalue weighted by Gasteiger charge is 2.35. The first-order chi connectivity index (χ1) is 14.6. The van der Waals surface area contributed by atoms with Crippen LogP contribution in [0, 0.1) is 0 Å². The van der Waals surface area contributed by atoms with E-state index in [2.05, 4.69) is 15.6 Å². The van der Waals surface area contributed by atoms with Crippen molar-refractivity contribution in [2.75, 3.05) is 18.4 Å². The average Bonchev–Trinajstić information content (AvgIpc) is 3.14. The largest absolute Gasteiger partial charge is 0.444 e. The SMILES string of the molecule is CC(=O)Nc1ccc(CCn2nncc2[C@@H]2CCN(C(=O)OC(C)(C)C)C[C@H]2O)cc1. The minimum Gasteiger partial charge on any atom is -0.444 e. The summed E-state index contributed by atoms with van der Waals surface area (Å²) in [4.78, 5) is 25.0. The third-order valence-corrected chi connectivity index (χ3v) is 5.15. The van der Waals surface area contributed by atoms with E-state index in [0.29, 0.717) is 19.5 Å². The van der Waals surface area contributed by atoms with E-state index in [-0.39, 0.29) is 18.4 Å². The fraction of sp³-hybridized carbons (Fsp3) is 0.545. The number of hydrogen-bond donors (Lipinski definition) is 2. The van der Waals surface area contributed by atoms with Gasteiger partial charge in [0.05, 0.1) is 24.5 Å². The lowest BCUT2D eigenvalue weighted by atomic mass is 9.91. The van der Waals surface area contributed by atoms with Crippen LogP contribution in [0.25, 0.3) is 0 Å². The molecule has 2 amide bonds. The van der Waals surface area contributed by atoms with Crippen molar-refractivity contribution in [3.63, 3.8) is 0 Å². The van der Waals surface area contributed by atoms with Gasteiger partial charge in [-0.05, 0) is 51.3 Å². The fourth-order valence-corrected chi connectivity index (χ4v) is 3.69. The predicted octanol–water partition coefficient (Wildman–Crippen LogP) is 2.56. The lowest BCUT2D eigenvalue weighted by Crippen LogP contribution is -2.47. The highest BCUT2D eigenvalue weighted by atomic mass is 16.6. The third kappa shape index (κ3) is 6.27. The molecular weight excluding hydrogens is 398 g/mol. The molecule has 0 bridgehead atoms. The number of aliphatic hydroxyl groups excluding tert-OH is 1. The Hall–Kier alpha value is -2.94. The van der Waals surface area contributed by atoms with Crippen LogP contribution in [0.4, 0.5) is 10.5 Å². The number of β-amino-alcohol motifs (C(OH)–C–C–N with tert-alkyl or cyclic N) is 1. The zero-order valence-corrected chi connectivity index (χ0v) is 18.5. The molecule has 0 radical (unpaired) electrons. The summed E-state index contributed by atoms with van der Waals surface area (Å²) in [6.07, 6.45) is 1.93. The number of nitrogens with zero attached hydrogens (tertiary/aromatic N) is 4. The van der Waals surface area contributed by atoms with Crippen LogP contribution in [0.3, 0.4) is 0 Å². The Bertz CT molecular complexity index is 903. The van der Waals surface area contributed by atoms with E-state index < -0.39 is 17.8 Å². The number of aromatic nitrogens is 3. The maximum atomic E-state index is 12.3. The summed E-state index contributed by atoms with van der Waals surface area (Å²) in [6.45, 7) is 8.30. The molecule has 9 nitrogen and oxygen atoms in total. The summed E-state index contributed by atoms with van der Waals surface area (Å²) >= 11 is 0. The van der Waals surface area contributed by atoms with Crippen molar-refractivity contribution in [1.82, 2.24) is 19.9 Å². The molecule has 2 aromatic rings. The van der Waals surface area contributed by atoms with E-state index in [1.165, 1.54) is 6.92 Å². The summed E-state index contributed by atoms with van der Waals surface area (Å²) in [6, 6.07) is 7.68. The van der Waals surface area contributed by atoms with Crippen LogP contribution in [-0.4, -0.2) is 61.8 Å². The monoisotopic (exact) mass is 429 g/mol. The Morgan fingerprint density at radius 2 is 1.97 bits per heavy atom. The number of carbonyl (C=O) groups is 2. The molecule has 0 aliphatic carbocycles. The van der Waals surface area contributed by atoms with Gasteiger partial charge in [0.2, 0.25) is 5.91 Å². The van der Waals surface area contributed by atoms with E-state index >= 15 is 0 Å². The Kier molecular flexibility index (Phi) is 6.94. The fourth-order valence-electron chi connectivity index (χ4n) is 3.69. The van der Waals surface area contributed by atoms with Gasteiger partial charge in [-0.1, -0.05) is 17.3 Å². The van der Waals surface area contributed by atoms with Gasteiger partial charge >= 0.3 is 6.09 Å². The summed E-state index contributed by atoms with van der Waals surface area (Å²) in [5.41, 5.74) is 2.17. The summed E-state index contributed by atoms with van der Waals surface area (Å²) in [7, 11) is 0. The van der Waals surface area contributed by atoms with Crippen LogP contribution >= 0.6 is 0 Å². The first-order valence-electron chi connectivity index (χ1n) is 10.5. The number of rotatable bonds is 5. The minimum atomic E-state index is -0.713. The number of aryl methyl sites for hydroxylation is 2. The van der Waals surface area contributed by atoms with Gasteiger partial charge in [-0.25, -0.2) is 9.48 Å². The molecule has 0 unspecified atom stereocenters. The van der Waals surface area contributed by atoms with Gasteiger partial charge in [-0.15, -0.1) is 5.10 Å². The Labute approximate surface area is 182 Å². The number of aliphatic hydroxyl groups is 1. The molecule has 2 N–H and O–H groups in total. The quantitative estimate of drug-likeness (QED) is 0.756. The third-order valence-electron chi connectivity index (χ3n) is 5.15. The molecule has 168 valence electrons. The molecule has 31 heavy (non-hydrogen) atoms. The van der Waals surface area contributed by atoms with Crippen LogP contribution in [0.1, 0.15) is 51.3 Å². The average molecular weight is 430 g/mol. The Morgan fingerprint density at radius 3 is 2.58 bits per heavy atom. The molecule has 0 spiro atoms. The molecule has 1 aliphatic heterocycles. The number of piperidine rings is 1. The van der Waals surface area contributed by atoms with Gasteiger partial charge in [-0.3, -0.25) is 4.79 Å². The highest BCUT2D eigenvalue weighted by Crippen LogP contribution is 2.29. The van der Waals surface area contributed by atoms with Gasteiger partial charge in [0.15, 0.2) is 0 Å². The van der Waals surface area contributed by atoms with E-state index in [0.717, 1.165) is 23.4 Å². The second-order valence-electron chi connectivity index (χ2n) is 8.90. The van der Waals surface area contributed by atoms with Crippen LogP contribution < -0.4 is 5.32 Å². The number of amides is 2. The van der Waals surface area contributed by atoms with Crippen molar-refractivity contribution in [3.05, 3.63) is 41.7 Å². The van der Waals surface area contributed by atoms with Crippen molar-refractivity contribution < 1.29 is 19.4 Å². The topological polar surface area (TPSA) is 110 Å². The maximum Gasteiger partial charge on any atom is 0.410 e. The lowest BCUT2D eigenvalue weighted by molar-refractivity contribution is -0.114. The number of anilines is 1. The predicted molar refractivity (Wildman–Crippen MR) is 116 cm³/mol. The first-order valence-corrected chi connectivity index (χ1v) is 10.5. The molecular formula is C22H31N5O4. The smallest absolute Gasteiger partial charge is 0.410 e. The van der Waals surface area contributed by atoms with Crippen LogP contribution in [0.2, 0.25) is 0 Å². The van der Waals surface area contributed by atoms with Crippen molar-refractivity contribution in [2.45, 2.75) is 64.7 Å². The van der Waals surface area contributed by atoms with Gasteiger partial charge in [0.25, 0.3) is 0 Å². The molecule has 2 atom stereocenters. The number of nitrogens with one attached hydrogen (secondary N) is 1. The molecule has 1 fully saturated rings. The van der Waals surface area contributed by atoms with Crippen molar-refractivity contribution in [2.24, 2.45) is 0 Å². The molecule has 1 aliphatic rings. The van der Waals surface area contributed by atoms with Gasteiger partial charge < -0.3 is 20.1 Å². The number of carbonyl (C=O) groups excluding carboxylic acids is 2. The lowest BCUT2D eigenvalue weighted by Gasteiger charge is -2.36. The van der Waals surface area contributed by atoms with E-state index in [1.807, 2.05) is 49.7 Å². The summed E-state index contributed by atoms with van der Waals surface area (Å²) in [5, 5.41) is 21.7. The zero-order chi connectivity index (χ0) is 22.6. The molecule has 1 aromatic heterocycles. The van der Waals surface area contributed by atoms with Gasteiger partial charge in [0, 0.05) is 31.6 Å². The summed E-state index contributed by atoms with van der Waals surface area (Å²) < 4.78 is 7.23. The maximum absolute atomic E-state index is 12.3. The summed E-state index contributed by atoms with van der Waals surface area (Å²) in [5.74, 6) is -0.243. The second-order valence-corrected chi connectivity index (χ2v) is 8.90. The molecule has 2 heterocycles. The van der Waals surface area contributed by atoms with Crippen molar-refractivity contribution in [1.29, 1.82) is 0 Å². The van der Waals surface area contributed by atoms with Crippen LogP contribution in [0.5, 0.6) is 0 Å². The van der Waals surface area contributed by atoms with Gasteiger partial charge in [0.1, 0.15) is 5.60 Å². The molecule has 9 heteroatoms. The van der Waals surface area contributed by atoms with E-state index in [9.17, 15) is 14.7 Å². The van der Waals surface area contributed by atoms with Crippen LogP contribution in [-0.2, 0) is 22.5 Å². The Balaban J connectivity index is 1.59. The number of ether oxygens (including phenoxy) is 1. The van der Waals surface area contributed by atoms with Crippen molar-refractivity contribution in [3.8, 4) is 0 Å². The van der Waals surface area contributed by atoms with E-state index in [4.69, 9.17) is 4.74 Å². The molecule has 0 saturated carbocycles. The number of benzene rings is 1. The normalized spacial score (nSPS) is 19.2. The van der Waals surface area contributed by atoms with E-state index in [1.54, 1.807) is 11.1 Å². The van der Waals surface area contributed by atoms with Gasteiger partial charge in [-0.2, -0.15) is 0 Å². The zero-order valence-electron chi connectivity index (χ0n) is 18.5. The molecule has 3 rings (SSSR count). The minimum absolute atomic E-state index is 0.101. The first kappa shape index (κ1) is 22.7. The Morgan fingerprint density at radius 1 is 1.26 bits per heavy atom. The standard InChI is InChI=1S/C22H31N5O4/c1-15(28)24-17-7-5-16(6-8-17)9-12-27-19(13-23-25-27)18-10-11-26(14-20(18)29)21(30)31-22(2,3)4/h5-8,13,18,20,29H,9-12,14H2,1-4H3,(H,24,28)/t18-,20+/m0/s1. The second kappa shape index (κ2) is 9.47. The molecule has 1 aromatic carbocycles. The number of hydrogen-bond acceptors (Lipinski definition) is 6. The highest BCUT2D eigenvalue weighted by molar-refractivity contribution is 5.88. The molecule has 1 saturated heterocycles. The van der Waals surface area contributed by atoms with Crippen molar-refractivity contribution >= 4 is 17.7 Å². The number of likely N-dealkylation sites (tertiary alicyclic amines) is 1.